The number of rotatable bonds is 1. The Hall–Kier alpha value is -1.14. The third-order valence-corrected chi connectivity index (χ3v) is 4.92. The van der Waals surface area contributed by atoms with Crippen LogP contribution < -0.4 is 5.32 Å². The second kappa shape index (κ2) is 6.75. The summed E-state index contributed by atoms with van der Waals surface area (Å²) < 4.78 is 0. The summed E-state index contributed by atoms with van der Waals surface area (Å²) in [6, 6.07) is 0. The molecule has 2 saturated heterocycles. The maximum Gasteiger partial charge on any atom is 0.276 e. The van der Waals surface area contributed by atoms with Crippen LogP contribution >= 0.6 is 12.4 Å². The Kier molecular flexibility index (Phi) is 5.22. The Labute approximate surface area is 131 Å². The highest BCUT2D eigenvalue weighted by molar-refractivity contribution is 5.93. The molecule has 0 radical (unpaired) electrons. The van der Waals surface area contributed by atoms with E-state index in [-0.39, 0.29) is 18.3 Å². The van der Waals surface area contributed by atoms with Crippen LogP contribution in [0.5, 0.6) is 0 Å². The first-order valence-electron chi connectivity index (χ1n) is 7.58. The van der Waals surface area contributed by atoms with Crippen LogP contribution in [0.2, 0.25) is 0 Å². The van der Waals surface area contributed by atoms with E-state index in [0.717, 1.165) is 39.0 Å². The topological polar surface area (TPSA) is 73.9 Å². The van der Waals surface area contributed by atoms with E-state index in [9.17, 15) is 4.79 Å². The van der Waals surface area contributed by atoms with Gasteiger partial charge in [0.05, 0.1) is 5.69 Å². The molecule has 1 amide bonds. The van der Waals surface area contributed by atoms with E-state index in [0.29, 0.717) is 16.8 Å². The zero-order valence-corrected chi connectivity index (χ0v) is 13.3. The normalized spacial score (nSPS) is 21.7. The zero-order chi connectivity index (χ0) is 14.0. The third-order valence-electron chi connectivity index (χ3n) is 4.92. The first-order chi connectivity index (χ1) is 9.70. The van der Waals surface area contributed by atoms with E-state index in [1.54, 1.807) is 0 Å². The second-order valence-electron chi connectivity index (χ2n) is 6.15. The number of aromatic nitrogens is 3. The van der Waals surface area contributed by atoms with Crippen LogP contribution in [0.1, 0.15) is 48.3 Å². The Bertz CT molecular complexity index is 483. The average molecular weight is 314 g/mol. The number of nitrogens with one attached hydrogen (secondary N) is 2. The summed E-state index contributed by atoms with van der Waals surface area (Å²) in [6.07, 6.45) is 5.96. The van der Waals surface area contributed by atoms with Gasteiger partial charge < -0.3 is 10.2 Å². The number of amides is 1. The van der Waals surface area contributed by atoms with Gasteiger partial charge in [0.15, 0.2) is 5.69 Å². The lowest BCUT2D eigenvalue weighted by atomic mass is 9.73. The highest BCUT2D eigenvalue weighted by Crippen LogP contribution is 2.39. The van der Waals surface area contributed by atoms with E-state index in [2.05, 4.69) is 20.7 Å². The Balaban J connectivity index is 0.00000161. The fraction of sp³-hybridized carbons (Fsp3) is 0.786. The summed E-state index contributed by atoms with van der Waals surface area (Å²) in [4.78, 5) is 14.5. The summed E-state index contributed by atoms with van der Waals surface area (Å²) in [5, 5.41) is 13.9. The average Bonchev–Trinajstić information content (AvgIpc) is 2.79. The summed E-state index contributed by atoms with van der Waals surface area (Å²) >= 11 is 0. The number of aromatic amines is 1. The fourth-order valence-electron chi connectivity index (χ4n) is 3.55. The number of piperidine rings is 1. The molecular formula is C14H24ClN5O. The van der Waals surface area contributed by atoms with E-state index < -0.39 is 0 Å². The molecule has 0 saturated carbocycles. The van der Waals surface area contributed by atoms with Crippen LogP contribution in [0.4, 0.5) is 0 Å². The Morgan fingerprint density at radius 3 is 2.57 bits per heavy atom. The molecule has 3 heterocycles. The lowest BCUT2D eigenvalue weighted by molar-refractivity contribution is 0.0744. The SMILES string of the molecule is Cc1n[nH]nc1C(=O)N1CCCC2(CCNCC2)CC1.Cl. The molecule has 3 rings (SSSR count). The number of hydrogen-bond donors (Lipinski definition) is 2. The van der Waals surface area contributed by atoms with Crippen LogP contribution in [-0.4, -0.2) is 52.4 Å². The van der Waals surface area contributed by atoms with E-state index in [1.807, 2.05) is 11.8 Å². The number of hydrogen-bond acceptors (Lipinski definition) is 4. The highest BCUT2D eigenvalue weighted by atomic mass is 35.5. The van der Waals surface area contributed by atoms with Gasteiger partial charge in [-0.3, -0.25) is 4.79 Å². The molecule has 7 heteroatoms. The van der Waals surface area contributed by atoms with Gasteiger partial charge in [0, 0.05) is 13.1 Å². The van der Waals surface area contributed by atoms with Crippen molar-refractivity contribution >= 4 is 18.3 Å². The van der Waals surface area contributed by atoms with Crippen LogP contribution in [0.15, 0.2) is 0 Å². The largest absolute Gasteiger partial charge is 0.337 e. The minimum absolute atomic E-state index is 0. The molecular weight excluding hydrogens is 290 g/mol. The predicted molar refractivity (Wildman–Crippen MR) is 82.7 cm³/mol. The minimum atomic E-state index is 0. The lowest BCUT2D eigenvalue weighted by Gasteiger charge is -2.36. The van der Waals surface area contributed by atoms with E-state index in [4.69, 9.17) is 0 Å². The van der Waals surface area contributed by atoms with Crippen LogP contribution in [-0.2, 0) is 0 Å². The van der Waals surface area contributed by atoms with Crippen molar-refractivity contribution in [2.75, 3.05) is 26.2 Å². The number of halogens is 1. The van der Waals surface area contributed by atoms with Gasteiger partial charge in [-0.2, -0.15) is 15.4 Å². The van der Waals surface area contributed by atoms with Gasteiger partial charge in [-0.05, 0) is 57.5 Å². The molecule has 1 aromatic rings. The van der Waals surface area contributed by atoms with Crippen LogP contribution in [0, 0.1) is 12.3 Å². The molecule has 0 aromatic carbocycles. The third kappa shape index (κ3) is 3.37. The minimum Gasteiger partial charge on any atom is -0.337 e. The van der Waals surface area contributed by atoms with Crippen molar-refractivity contribution in [3.05, 3.63) is 11.4 Å². The van der Waals surface area contributed by atoms with E-state index in [1.165, 1.54) is 19.3 Å². The smallest absolute Gasteiger partial charge is 0.276 e. The van der Waals surface area contributed by atoms with Crippen LogP contribution in [0.3, 0.4) is 0 Å². The van der Waals surface area contributed by atoms with Crippen molar-refractivity contribution in [3.63, 3.8) is 0 Å². The van der Waals surface area contributed by atoms with Gasteiger partial charge >= 0.3 is 0 Å². The van der Waals surface area contributed by atoms with Crippen molar-refractivity contribution < 1.29 is 4.79 Å². The number of nitrogens with zero attached hydrogens (tertiary/aromatic N) is 3. The van der Waals surface area contributed by atoms with E-state index >= 15 is 0 Å². The Morgan fingerprint density at radius 2 is 1.90 bits per heavy atom. The molecule has 2 fully saturated rings. The molecule has 0 unspecified atom stereocenters. The monoisotopic (exact) mass is 313 g/mol. The molecule has 0 atom stereocenters. The molecule has 118 valence electrons. The number of H-pyrrole nitrogens is 1. The summed E-state index contributed by atoms with van der Waals surface area (Å²) in [7, 11) is 0. The Morgan fingerprint density at radius 1 is 1.14 bits per heavy atom. The number of aryl methyl sites for hydroxylation is 1. The van der Waals surface area contributed by atoms with Crippen LogP contribution in [0.25, 0.3) is 0 Å². The van der Waals surface area contributed by atoms with Gasteiger partial charge in [0.25, 0.3) is 5.91 Å². The van der Waals surface area contributed by atoms with Crippen molar-refractivity contribution in [2.45, 2.75) is 39.0 Å². The summed E-state index contributed by atoms with van der Waals surface area (Å²) in [6.45, 7) is 5.76. The molecule has 1 spiro atoms. The van der Waals surface area contributed by atoms with Gasteiger partial charge in [-0.15, -0.1) is 12.4 Å². The van der Waals surface area contributed by atoms with Crippen molar-refractivity contribution in [1.29, 1.82) is 0 Å². The predicted octanol–water partition coefficient (Wildman–Crippen LogP) is 1.53. The van der Waals surface area contributed by atoms with Crippen molar-refractivity contribution in [1.82, 2.24) is 25.6 Å². The maximum absolute atomic E-state index is 12.5. The number of likely N-dealkylation sites (tertiary alicyclic amines) is 1. The molecule has 0 aliphatic carbocycles. The fourth-order valence-corrected chi connectivity index (χ4v) is 3.55. The second-order valence-corrected chi connectivity index (χ2v) is 6.15. The molecule has 2 aliphatic rings. The standard InChI is InChI=1S/C14H23N5O.ClH/c1-11-12(17-18-16-11)13(20)19-9-2-3-14(6-10-19)4-7-15-8-5-14;/h15H,2-10H2,1H3,(H,16,17,18);1H. The number of carbonyl (C=O) groups excluding carboxylic acids is 1. The van der Waals surface area contributed by atoms with Gasteiger partial charge in [0.1, 0.15) is 0 Å². The van der Waals surface area contributed by atoms with Crippen molar-refractivity contribution in [3.8, 4) is 0 Å². The number of carbonyl (C=O) groups is 1. The summed E-state index contributed by atoms with van der Waals surface area (Å²) in [5.74, 6) is 0.0298. The first-order valence-corrected chi connectivity index (χ1v) is 7.58. The quantitative estimate of drug-likeness (QED) is 0.824. The molecule has 21 heavy (non-hydrogen) atoms. The maximum atomic E-state index is 12.5. The first kappa shape index (κ1) is 16.2. The van der Waals surface area contributed by atoms with Crippen molar-refractivity contribution in [2.24, 2.45) is 5.41 Å². The highest BCUT2D eigenvalue weighted by Gasteiger charge is 2.35. The molecule has 2 aliphatic heterocycles. The molecule has 1 aromatic heterocycles. The lowest BCUT2D eigenvalue weighted by Crippen LogP contribution is -2.38. The summed E-state index contributed by atoms with van der Waals surface area (Å²) in [5.41, 5.74) is 1.63. The molecule has 0 bridgehead atoms. The molecule has 6 nitrogen and oxygen atoms in total. The van der Waals surface area contributed by atoms with Gasteiger partial charge in [-0.25, -0.2) is 0 Å². The van der Waals surface area contributed by atoms with Gasteiger partial charge in [0.2, 0.25) is 0 Å². The van der Waals surface area contributed by atoms with Gasteiger partial charge in [-0.1, -0.05) is 0 Å². The molecule has 2 N–H and O–H groups in total. The zero-order valence-electron chi connectivity index (χ0n) is 12.5.